The molecule has 3 rings (SSSR count). The summed E-state index contributed by atoms with van der Waals surface area (Å²) in [5.41, 5.74) is 1.42. The van der Waals surface area contributed by atoms with Gasteiger partial charge in [-0.3, -0.25) is 4.79 Å². The van der Waals surface area contributed by atoms with E-state index in [9.17, 15) is 9.18 Å². The van der Waals surface area contributed by atoms with E-state index in [2.05, 4.69) is 20.6 Å². The summed E-state index contributed by atoms with van der Waals surface area (Å²) in [6.45, 7) is 0.489. The molecule has 0 aliphatic rings. The average molecular weight is 357 g/mol. The molecule has 126 valence electrons. The van der Waals surface area contributed by atoms with E-state index in [-0.39, 0.29) is 5.69 Å². The van der Waals surface area contributed by atoms with Gasteiger partial charge in [0.2, 0.25) is 0 Å². The van der Waals surface area contributed by atoms with E-state index in [0.717, 1.165) is 5.56 Å². The van der Waals surface area contributed by atoms with Gasteiger partial charge in [0.1, 0.15) is 17.3 Å². The molecule has 0 aliphatic heterocycles. The topological polar surface area (TPSA) is 66.9 Å². The number of amides is 1. The molecule has 0 saturated carbocycles. The molecule has 7 heteroatoms. The molecule has 0 spiro atoms. The van der Waals surface area contributed by atoms with Crippen LogP contribution in [0.25, 0.3) is 0 Å². The Bertz CT molecular complexity index is 886. The number of nitrogens with zero attached hydrogens (tertiary/aromatic N) is 2. The number of anilines is 2. The molecule has 1 heterocycles. The van der Waals surface area contributed by atoms with Crippen LogP contribution in [0.1, 0.15) is 16.1 Å². The van der Waals surface area contributed by atoms with Crippen molar-refractivity contribution in [2.45, 2.75) is 6.54 Å². The van der Waals surface area contributed by atoms with Gasteiger partial charge in [-0.2, -0.15) is 0 Å². The van der Waals surface area contributed by atoms with Gasteiger partial charge in [0.05, 0.1) is 12.4 Å². The zero-order chi connectivity index (χ0) is 17.6. The highest BCUT2D eigenvalue weighted by Crippen LogP contribution is 2.16. The number of aromatic nitrogens is 2. The molecule has 5 nitrogen and oxygen atoms in total. The number of rotatable bonds is 5. The van der Waals surface area contributed by atoms with Crippen LogP contribution in [0, 0.1) is 5.82 Å². The molecule has 1 aromatic heterocycles. The second kappa shape index (κ2) is 7.72. The van der Waals surface area contributed by atoms with Crippen LogP contribution in [0.5, 0.6) is 0 Å². The van der Waals surface area contributed by atoms with Crippen molar-refractivity contribution in [3.8, 4) is 0 Å². The Morgan fingerprint density at radius 2 is 1.92 bits per heavy atom. The van der Waals surface area contributed by atoms with E-state index in [1.807, 2.05) is 24.3 Å². The molecule has 0 unspecified atom stereocenters. The molecule has 0 aliphatic carbocycles. The van der Waals surface area contributed by atoms with Gasteiger partial charge in [-0.25, -0.2) is 14.4 Å². The van der Waals surface area contributed by atoms with E-state index in [1.165, 1.54) is 30.6 Å². The van der Waals surface area contributed by atoms with Crippen molar-refractivity contribution in [2.24, 2.45) is 0 Å². The van der Waals surface area contributed by atoms with Gasteiger partial charge in [0.25, 0.3) is 5.91 Å². The normalized spacial score (nSPS) is 10.3. The Labute approximate surface area is 148 Å². The lowest BCUT2D eigenvalue weighted by molar-refractivity contribution is 0.102. The van der Waals surface area contributed by atoms with Gasteiger partial charge in [-0.15, -0.1) is 0 Å². The van der Waals surface area contributed by atoms with Crippen molar-refractivity contribution < 1.29 is 9.18 Å². The summed E-state index contributed by atoms with van der Waals surface area (Å²) in [7, 11) is 0. The van der Waals surface area contributed by atoms with Gasteiger partial charge < -0.3 is 10.6 Å². The van der Waals surface area contributed by atoms with Gasteiger partial charge in [0.15, 0.2) is 0 Å². The van der Waals surface area contributed by atoms with Crippen molar-refractivity contribution in [3.63, 3.8) is 0 Å². The van der Waals surface area contributed by atoms with Crippen molar-refractivity contribution >= 4 is 29.0 Å². The minimum absolute atomic E-state index is 0.132. The van der Waals surface area contributed by atoms with E-state index in [0.29, 0.717) is 23.1 Å². The maximum Gasteiger partial charge on any atom is 0.275 e. The van der Waals surface area contributed by atoms with E-state index in [1.54, 1.807) is 6.07 Å². The van der Waals surface area contributed by atoms with Crippen LogP contribution in [0.15, 0.2) is 60.9 Å². The summed E-state index contributed by atoms with van der Waals surface area (Å²) in [6, 6.07) is 13.1. The van der Waals surface area contributed by atoms with Gasteiger partial charge in [0, 0.05) is 17.3 Å². The molecule has 0 saturated heterocycles. The SMILES string of the molecule is O=C(Nc1cccc(F)c1)c1cnc(NCc2ccccc2Cl)cn1. The highest BCUT2D eigenvalue weighted by molar-refractivity contribution is 6.31. The number of carbonyl (C=O) groups is 1. The van der Waals surface area contributed by atoms with Crippen LogP contribution in [0.3, 0.4) is 0 Å². The minimum atomic E-state index is -0.462. The Hall–Kier alpha value is -2.99. The Morgan fingerprint density at radius 3 is 2.64 bits per heavy atom. The number of benzene rings is 2. The maximum atomic E-state index is 13.1. The third-order valence-corrected chi connectivity index (χ3v) is 3.75. The molecule has 0 bridgehead atoms. The molecule has 1 amide bonds. The fourth-order valence-corrected chi connectivity index (χ4v) is 2.33. The zero-order valence-corrected chi connectivity index (χ0v) is 13.8. The Kier molecular flexibility index (Phi) is 5.20. The average Bonchev–Trinajstić information content (AvgIpc) is 2.61. The van der Waals surface area contributed by atoms with Gasteiger partial charge in [-0.1, -0.05) is 35.9 Å². The standard InChI is InChI=1S/C18H14ClFN4O/c19-15-7-2-1-4-12(15)9-22-17-11-21-16(10-23-17)18(25)24-14-6-3-5-13(20)8-14/h1-8,10-11H,9H2,(H,22,23)(H,24,25). The number of hydrogen-bond donors (Lipinski definition) is 2. The van der Waals surface area contributed by atoms with Crippen molar-refractivity contribution in [2.75, 3.05) is 10.6 Å². The zero-order valence-electron chi connectivity index (χ0n) is 13.0. The molecule has 3 aromatic rings. The molecule has 25 heavy (non-hydrogen) atoms. The van der Waals surface area contributed by atoms with Crippen LogP contribution in [-0.2, 0) is 6.54 Å². The summed E-state index contributed by atoms with van der Waals surface area (Å²) in [4.78, 5) is 20.3. The molecule has 0 atom stereocenters. The second-order valence-electron chi connectivity index (χ2n) is 5.20. The van der Waals surface area contributed by atoms with Crippen LogP contribution >= 0.6 is 11.6 Å². The van der Waals surface area contributed by atoms with Crippen LogP contribution in [0.2, 0.25) is 5.02 Å². The number of carbonyl (C=O) groups excluding carboxylic acids is 1. The fraction of sp³-hybridized carbons (Fsp3) is 0.0556. The third-order valence-electron chi connectivity index (χ3n) is 3.38. The summed E-state index contributed by atoms with van der Waals surface area (Å²) >= 11 is 6.09. The predicted octanol–water partition coefficient (Wildman–Crippen LogP) is 4.13. The van der Waals surface area contributed by atoms with Gasteiger partial charge >= 0.3 is 0 Å². The molecular weight excluding hydrogens is 343 g/mol. The fourth-order valence-electron chi connectivity index (χ4n) is 2.13. The van der Waals surface area contributed by atoms with E-state index in [4.69, 9.17) is 11.6 Å². The van der Waals surface area contributed by atoms with Crippen LogP contribution in [0.4, 0.5) is 15.9 Å². The van der Waals surface area contributed by atoms with Crippen molar-refractivity contribution in [1.82, 2.24) is 9.97 Å². The van der Waals surface area contributed by atoms with E-state index >= 15 is 0 Å². The lowest BCUT2D eigenvalue weighted by Gasteiger charge is -2.08. The maximum absolute atomic E-state index is 13.1. The van der Waals surface area contributed by atoms with Crippen molar-refractivity contribution in [1.29, 1.82) is 0 Å². The summed E-state index contributed by atoms with van der Waals surface area (Å²) in [5.74, 6) is -0.374. The summed E-state index contributed by atoms with van der Waals surface area (Å²) in [5, 5.41) is 6.31. The first-order chi connectivity index (χ1) is 12.1. The summed E-state index contributed by atoms with van der Waals surface area (Å²) in [6.07, 6.45) is 2.81. The third kappa shape index (κ3) is 4.51. The Morgan fingerprint density at radius 1 is 1.08 bits per heavy atom. The smallest absolute Gasteiger partial charge is 0.275 e. The Balaban J connectivity index is 1.61. The molecular formula is C18H14ClFN4O. The predicted molar refractivity (Wildman–Crippen MR) is 95.2 cm³/mol. The second-order valence-corrected chi connectivity index (χ2v) is 5.60. The number of hydrogen-bond acceptors (Lipinski definition) is 4. The minimum Gasteiger partial charge on any atom is -0.365 e. The van der Waals surface area contributed by atoms with Gasteiger partial charge in [-0.05, 0) is 29.8 Å². The number of nitrogens with one attached hydrogen (secondary N) is 2. The van der Waals surface area contributed by atoms with E-state index < -0.39 is 11.7 Å². The molecule has 0 radical (unpaired) electrons. The molecule has 2 N–H and O–H groups in total. The van der Waals surface area contributed by atoms with Crippen molar-refractivity contribution in [3.05, 3.63) is 83.0 Å². The first-order valence-electron chi connectivity index (χ1n) is 7.48. The van der Waals surface area contributed by atoms with Crippen LogP contribution in [-0.4, -0.2) is 15.9 Å². The molecule has 2 aromatic carbocycles. The highest BCUT2D eigenvalue weighted by atomic mass is 35.5. The monoisotopic (exact) mass is 356 g/mol. The number of halogens is 2. The van der Waals surface area contributed by atoms with Crippen LogP contribution < -0.4 is 10.6 Å². The lowest BCUT2D eigenvalue weighted by Crippen LogP contribution is -2.14. The largest absolute Gasteiger partial charge is 0.365 e. The quantitative estimate of drug-likeness (QED) is 0.721. The first kappa shape index (κ1) is 16.9. The highest BCUT2D eigenvalue weighted by Gasteiger charge is 2.09. The molecule has 0 fully saturated rings. The summed E-state index contributed by atoms with van der Waals surface area (Å²) < 4.78 is 13.1. The first-order valence-corrected chi connectivity index (χ1v) is 7.86. The lowest BCUT2D eigenvalue weighted by atomic mass is 10.2.